The van der Waals surface area contributed by atoms with E-state index in [9.17, 15) is 4.79 Å². The number of aromatic carboxylic acids is 1. The van der Waals surface area contributed by atoms with E-state index in [0.29, 0.717) is 12.1 Å². The Hall–Kier alpha value is -1.27. The van der Waals surface area contributed by atoms with E-state index in [4.69, 9.17) is 17.3 Å². The number of fused-ring (bicyclic) bond motifs is 1. The zero-order valence-corrected chi connectivity index (χ0v) is 8.15. The Labute approximate surface area is 85.2 Å². The first-order chi connectivity index (χ1) is 6.70. The number of nitrogens with one attached hydrogen (secondary N) is 2. The van der Waals surface area contributed by atoms with Crippen LogP contribution in [-0.4, -0.2) is 27.8 Å². The number of carboxylic acids is 1. The molecule has 2 heterocycles. The largest absolute Gasteiger partial charge is 0.478 e. The first-order valence-electron chi connectivity index (χ1n) is 4.24. The summed E-state index contributed by atoms with van der Waals surface area (Å²) in [5.41, 5.74) is 1.69. The topological polar surface area (TPSA) is 78.0 Å². The van der Waals surface area contributed by atoms with Gasteiger partial charge in [0.1, 0.15) is 10.2 Å². The van der Waals surface area contributed by atoms with Gasteiger partial charge in [-0.1, -0.05) is 12.2 Å². The Bertz CT molecular complexity index is 441. The fourth-order valence-corrected chi connectivity index (χ4v) is 1.82. The van der Waals surface area contributed by atoms with Crippen molar-refractivity contribution >= 4 is 18.2 Å². The van der Waals surface area contributed by atoms with Gasteiger partial charge in [-0.3, -0.25) is 5.10 Å². The van der Waals surface area contributed by atoms with Crippen molar-refractivity contribution in [2.24, 2.45) is 0 Å². The van der Waals surface area contributed by atoms with E-state index in [-0.39, 0.29) is 10.2 Å². The highest BCUT2D eigenvalue weighted by Gasteiger charge is 2.19. The van der Waals surface area contributed by atoms with Crippen LogP contribution in [0.15, 0.2) is 0 Å². The van der Waals surface area contributed by atoms with Crippen LogP contribution in [0.5, 0.6) is 0 Å². The third-order valence-electron chi connectivity index (χ3n) is 2.22. The number of hydrogen-bond acceptors (Lipinski definition) is 4. The molecule has 0 saturated heterocycles. The quantitative estimate of drug-likeness (QED) is 0.589. The molecule has 0 amide bonds. The summed E-state index contributed by atoms with van der Waals surface area (Å²) in [5.74, 6) is -0.992. The van der Waals surface area contributed by atoms with Crippen LogP contribution in [0.25, 0.3) is 0 Å². The first kappa shape index (κ1) is 9.29. The Morgan fingerprint density at radius 3 is 3.07 bits per heavy atom. The molecule has 1 aromatic rings. The number of hydrogen-bond donors (Lipinski definition) is 3. The summed E-state index contributed by atoms with van der Waals surface area (Å²) in [7, 11) is 0. The highest BCUT2D eigenvalue weighted by atomic mass is 32.1. The van der Waals surface area contributed by atoms with Crippen LogP contribution in [0.2, 0.25) is 0 Å². The summed E-state index contributed by atoms with van der Waals surface area (Å²) in [6.45, 7) is 1.35. The van der Waals surface area contributed by atoms with Crippen molar-refractivity contribution in [3.05, 3.63) is 21.5 Å². The fourth-order valence-electron chi connectivity index (χ4n) is 1.57. The van der Waals surface area contributed by atoms with Crippen molar-refractivity contribution in [3.63, 3.8) is 0 Å². The average molecular weight is 211 g/mol. The van der Waals surface area contributed by atoms with E-state index in [1.165, 1.54) is 0 Å². The van der Waals surface area contributed by atoms with E-state index in [2.05, 4.69) is 15.5 Å². The van der Waals surface area contributed by atoms with Crippen LogP contribution in [0.1, 0.15) is 21.6 Å². The zero-order valence-electron chi connectivity index (χ0n) is 7.33. The lowest BCUT2D eigenvalue weighted by atomic mass is 10.0. The molecule has 0 fully saturated rings. The lowest BCUT2D eigenvalue weighted by Crippen LogP contribution is -2.27. The zero-order chi connectivity index (χ0) is 10.1. The van der Waals surface area contributed by atoms with Crippen molar-refractivity contribution in [2.75, 3.05) is 6.54 Å². The fraction of sp³-hybridized carbons (Fsp3) is 0.375. The molecule has 0 unspecified atom stereocenters. The molecular formula is C8H9N3O2S. The SMILES string of the molecule is O=C(O)c1c2c(n[nH]c1=S)CCNC2. The molecule has 0 aromatic carbocycles. The molecule has 5 nitrogen and oxygen atoms in total. The molecule has 0 aliphatic carbocycles. The van der Waals surface area contributed by atoms with E-state index in [1.807, 2.05) is 0 Å². The van der Waals surface area contributed by atoms with Crippen molar-refractivity contribution in [1.82, 2.24) is 15.5 Å². The molecule has 0 spiro atoms. The second-order valence-electron chi connectivity index (χ2n) is 3.08. The van der Waals surface area contributed by atoms with Gasteiger partial charge in [0.15, 0.2) is 0 Å². The Morgan fingerprint density at radius 1 is 1.57 bits per heavy atom. The van der Waals surface area contributed by atoms with Gasteiger partial charge in [-0.05, 0) is 0 Å². The molecule has 1 aliphatic heterocycles. The summed E-state index contributed by atoms with van der Waals surface area (Å²) in [6, 6.07) is 0. The van der Waals surface area contributed by atoms with Gasteiger partial charge >= 0.3 is 5.97 Å². The second kappa shape index (κ2) is 3.47. The summed E-state index contributed by atoms with van der Waals surface area (Å²) in [4.78, 5) is 11.0. The maximum atomic E-state index is 11.0. The van der Waals surface area contributed by atoms with E-state index < -0.39 is 5.97 Å². The Kier molecular flexibility index (Phi) is 2.30. The number of H-pyrrole nitrogens is 1. The van der Waals surface area contributed by atoms with Gasteiger partial charge in [0.05, 0.1) is 5.69 Å². The van der Waals surface area contributed by atoms with E-state index in [0.717, 1.165) is 18.7 Å². The van der Waals surface area contributed by atoms with Crippen LogP contribution in [0.3, 0.4) is 0 Å². The molecule has 0 radical (unpaired) electrons. The van der Waals surface area contributed by atoms with Crippen molar-refractivity contribution in [1.29, 1.82) is 0 Å². The van der Waals surface area contributed by atoms with Crippen LogP contribution in [0, 0.1) is 4.64 Å². The summed E-state index contributed by atoms with van der Waals surface area (Å²) in [6.07, 6.45) is 0.738. The number of aromatic amines is 1. The Balaban J connectivity index is 2.67. The van der Waals surface area contributed by atoms with Crippen molar-refractivity contribution in [2.45, 2.75) is 13.0 Å². The number of nitrogens with zero attached hydrogens (tertiary/aromatic N) is 1. The van der Waals surface area contributed by atoms with E-state index in [1.54, 1.807) is 0 Å². The lowest BCUT2D eigenvalue weighted by molar-refractivity contribution is 0.0693. The van der Waals surface area contributed by atoms with Gasteiger partial charge in [-0.15, -0.1) is 0 Å². The minimum absolute atomic E-state index is 0.178. The molecule has 0 bridgehead atoms. The number of rotatable bonds is 1. The molecule has 2 rings (SSSR count). The average Bonchev–Trinajstić information content (AvgIpc) is 2.17. The molecular weight excluding hydrogens is 202 g/mol. The van der Waals surface area contributed by atoms with Crippen LogP contribution in [0.4, 0.5) is 0 Å². The minimum Gasteiger partial charge on any atom is -0.478 e. The standard InChI is InChI=1S/C8H9N3O2S/c12-8(13)6-4-3-9-2-1-5(4)10-11-7(6)14/h9H,1-3H2,(H,11,14)(H,12,13). The van der Waals surface area contributed by atoms with E-state index >= 15 is 0 Å². The van der Waals surface area contributed by atoms with Gasteiger partial charge in [0.2, 0.25) is 0 Å². The molecule has 0 atom stereocenters. The van der Waals surface area contributed by atoms with Gasteiger partial charge in [-0.25, -0.2) is 4.79 Å². The van der Waals surface area contributed by atoms with Crippen LogP contribution in [-0.2, 0) is 13.0 Å². The summed E-state index contributed by atoms with van der Waals surface area (Å²) in [5, 5.41) is 18.7. The van der Waals surface area contributed by atoms with Crippen molar-refractivity contribution in [3.8, 4) is 0 Å². The predicted octanol–water partition coefficient (Wildman–Crippen LogP) is 0.483. The number of carbonyl (C=O) groups is 1. The first-order valence-corrected chi connectivity index (χ1v) is 4.65. The summed E-state index contributed by atoms with van der Waals surface area (Å²) >= 11 is 4.89. The maximum absolute atomic E-state index is 11.0. The van der Waals surface area contributed by atoms with Crippen LogP contribution >= 0.6 is 12.2 Å². The third-order valence-corrected chi connectivity index (χ3v) is 2.52. The lowest BCUT2D eigenvalue weighted by Gasteiger charge is -2.17. The maximum Gasteiger partial charge on any atom is 0.339 e. The number of carboxylic acid groups (broad SMARTS) is 1. The predicted molar refractivity (Wildman–Crippen MR) is 51.8 cm³/mol. The molecule has 1 aromatic heterocycles. The smallest absolute Gasteiger partial charge is 0.339 e. The summed E-state index contributed by atoms with van der Waals surface area (Å²) < 4.78 is 0.194. The van der Waals surface area contributed by atoms with Gasteiger partial charge < -0.3 is 10.4 Å². The molecule has 1 aliphatic rings. The highest BCUT2D eigenvalue weighted by molar-refractivity contribution is 7.71. The second-order valence-corrected chi connectivity index (χ2v) is 3.49. The minimum atomic E-state index is -0.992. The molecule has 14 heavy (non-hydrogen) atoms. The van der Waals surface area contributed by atoms with Gasteiger partial charge in [0, 0.05) is 25.1 Å². The third kappa shape index (κ3) is 1.42. The van der Waals surface area contributed by atoms with Crippen molar-refractivity contribution < 1.29 is 9.90 Å². The molecule has 3 N–H and O–H groups in total. The Morgan fingerprint density at radius 2 is 2.36 bits per heavy atom. The molecule has 74 valence electrons. The van der Waals surface area contributed by atoms with Crippen LogP contribution < -0.4 is 5.32 Å². The molecule has 6 heteroatoms. The van der Waals surface area contributed by atoms with Gasteiger partial charge in [-0.2, -0.15) is 5.10 Å². The number of aromatic nitrogens is 2. The molecule has 0 saturated carbocycles. The normalized spacial score (nSPS) is 14.9. The highest BCUT2D eigenvalue weighted by Crippen LogP contribution is 2.16. The monoisotopic (exact) mass is 211 g/mol. The van der Waals surface area contributed by atoms with Gasteiger partial charge in [0.25, 0.3) is 0 Å².